The molecule has 0 aliphatic carbocycles. The van der Waals surface area contributed by atoms with Gasteiger partial charge in [-0.3, -0.25) is 0 Å². The summed E-state index contributed by atoms with van der Waals surface area (Å²) in [5.41, 5.74) is 1.19. The van der Waals surface area contributed by atoms with E-state index in [0.717, 1.165) is 36.7 Å². The smallest absolute Gasteiger partial charge is 0.119 e. The molecule has 2 aromatic rings. The molecule has 0 bridgehead atoms. The van der Waals surface area contributed by atoms with Crippen LogP contribution in [0.2, 0.25) is 10.0 Å². The monoisotopic (exact) mass is 408 g/mol. The lowest BCUT2D eigenvalue weighted by Gasteiger charge is -2.38. The molecule has 0 amide bonds. The van der Waals surface area contributed by atoms with Crippen molar-refractivity contribution in [1.82, 2.24) is 4.90 Å². The van der Waals surface area contributed by atoms with E-state index in [0.29, 0.717) is 17.6 Å². The van der Waals surface area contributed by atoms with Crippen LogP contribution in [-0.2, 0) is 0 Å². The van der Waals surface area contributed by atoms with Crippen LogP contribution in [0, 0.1) is 0 Å². The average Bonchev–Trinajstić information content (AvgIpc) is 2.68. The van der Waals surface area contributed by atoms with E-state index >= 15 is 0 Å². The fourth-order valence-corrected chi connectivity index (χ4v) is 3.70. The molecule has 1 saturated heterocycles. The second-order valence-electron chi connectivity index (χ2n) is 7.04. The highest BCUT2D eigenvalue weighted by Crippen LogP contribution is 2.24. The van der Waals surface area contributed by atoms with E-state index in [-0.39, 0.29) is 6.61 Å². The number of β-amino-alcohol motifs (C(OH)–C–C–N with tert-alkyl or cyclic N) is 1. The topological polar surface area (TPSA) is 35.9 Å². The highest BCUT2D eigenvalue weighted by Gasteiger charge is 2.24. The summed E-state index contributed by atoms with van der Waals surface area (Å²) < 4.78 is 5.64. The van der Waals surface area contributed by atoms with Crippen molar-refractivity contribution in [3.8, 4) is 5.75 Å². The molecule has 1 aliphatic heterocycles. The van der Waals surface area contributed by atoms with Gasteiger partial charge in [0.05, 0.1) is 0 Å². The third-order valence-corrected chi connectivity index (χ3v) is 5.57. The zero-order valence-electron chi connectivity index (χ0n) is 15.5. The number of benzene rings is 2. The summed E-state index contributed by atoms with van der Waals surface area (Å²) in [6.45, 7) is 2.86. The highest BCUT2D eigenvalue weighted by atomic mass is 35.5. The zero-order valence-corrected chi connectivity index (χ0v) is 17.0. The Morgan fingerprint density at radius 1 is 1.04 bits per heavy atom. The van der Waals surface area contributed by atoms with Gasteiger partial charge < -0.3 is 19.6 Å². The Hall–Kier alpha value is -1.46. The Balaban J connectivity index is 1.40. The first-order valence-corrected chi connectivity index (χ1v) is 10.0. The molecule has 1 N–H and O–H groups in total. The minimum Gasteiger partial charge on any atom is -0.491 e. The molecule has 0 saturated carbocycles. The van der Waals surface area contributed by atoms with Crippen molar-refractivity contribution in [3.63, 3.8) is 0 Å². The van der Waals surface area contributed by atoms with Gasteiger partial charge in [-0.2, -0.15) is 0 Å². The third-order valence-electron chi connectivity index (χ3n) is 5.06. The summed E-state index contributed by atoms with van der Waals surface area (Å²) in [6.07, 6.45) is 1.64. The fraction of sp³-hybridized carbons (Fsp3) is 0.429. The summed E-state index contributed by atoms with van der Waals surface area (Å²) in [7, 11) is 2.14. The van der Waals surface area contributed by atoms with Crippen molar-refractivity contribution >= 4 is 28.9 Å². The first-order valence-electron chi connectivity index (χ1n) is 9.28. The van der Waals surface area contributed by atoms with E-state index < -0.39 is 6.10 Å². The number of hydrogen-bond acceptors (Lipinski definition) is 4. The Bertz CT molecular complexity index is 701. The summed E-state index contributed by atoms with van der Waals surface area (Å²) in [4.78, 5) is 4.63. The summed E-state index contributed by atoms with van der Waals surface area (Å²) in [6, 6.07) is 15.7. The molecule has 4 nitrogen and oxygen atoms in total. The van der Waals surface area contributed by atoms with E-state index in [9.17, 15) is 5.11 Å². The van der Waals surface area contributed by atoms with Gasteiger partial charge in [0.25, 0.3) is 0 Å². The predicted octanol–water partition coefficient (Wildman–Crippen LogP) is 4.33. The standard InChI is InChI=1S/C21H26Cl2N2O2/c1-24(18-6-2-16(22)3-7-18)19-10-12-25(13-11-19)14-20(26)15-27-21-8-4-17(23)5-9-21/h2-9,19-20,26H,10-15H2,1H3/t20-/m1/s1. The van der Waals surface area contributed by atoms with Crippen LogP contribution in [0.3, 0.4) is 0 Å². The Kier molecular flexibility index (Phi) is 7.25. The van der Waals surface area contributed by atoms with Crippen LogP contribution >= 0.6 is 23.2 Å². The second-order valence-corrected chi connectivity index (χ2v) is 7.91. The lowest BCUT2D eigenvalue weighted by atomic mass is 10.0. The number of ether oxygens (including phenoxy) is 1. The number of aliphatic hydroxyl groups excluding tert-OH is 1. The number of hydrogen-bond donors (Lipinski definition) is 1. The number of rotatable bonds is 7. The summed E-state index contributed by atoms with van der Waals surface area (Å²) in [5, 5.41) is 11.7. The van der Waals surface area contributed by atoms with Crippen molar-refractivity contribution in [2.75, 3.05) is 38.2 Å². The van der Waals surface area contributed by atoms with Gasteiger partial charge in [0.2, 0.25) is 0 Å². The number of likely N-dealkylation sites (tertiary alicyclic amines) is 1. The average molecular weight is 409 g/mol. The molecular formula is C21H26Cl2N2O2. The van der Waals surface area contributed by atoms with E-state index in [2.05, 4.69) is 29.0 Å². The largest absolute Gasteiger partial charge is 0.491 e. The minimum atomic E-state index is -0.508. The SMILES string of the molecule is CN(c1ccc(Cl)cc1)C1CCN(C[C@@H](O)COc2ccc(Cl)cc2)CC1. The van der Waals surface area contributed by atoms with Crippen LogP contribution in [0.1, 0.15) is 12.8 Å². The molecule has 0 radical (unpaired) electrons. The van der Waals surface area contributed by atoms with Crippen molar-refractivity contribution in [3.05, 3.63) is 58.6 Å². The number of halogens is 2. The predicted molar refractivity (Wildman–Crippen MR) is 112 cm³/mol. The molecular weight excluding hydrogens is 383 g/mol. The maximum absolute atomic E-state index is 10.3. The van der Waals surface area contributed by atoms with Gasteiger partial charge in [0.1, 0.15) is 18.5 Å². The van der Waals surface area contributed by atoms with Crippen molar-refractivity contribution < 1.29 is 9.84 Å². The Labute approximate surface area is 171 Å². The Morgan fingerprint density at radius 2 is 1.59 bits per heavy atom. The van der Waals surface area contributed by atoms with Gasteiger partial charge >= 0.3 is 0 Å². The van der Waals surface area contributed by atoms with Crippen molar-refractivity contribution in [2.45, 2.75) is 25.0 Å². The number of aliphatic hydroxyl groups is 1. The molecule has 1 heterocycles. The molecule has 146 valence electrons. The van der Waals surface area contributed by atoms with Crippen LogP contribution < -0.4 is 9.64 Å². The molecule has 2 aromatic carbocycles. The molecule has 0 spiro atoms. The van der Waals surface area contributed by atoms with Crippen molar-refractivity contribution in [2.24, 2.45) is 0 Å². The normalized spacial score (nSPS) is 16.9. The molecule has 1 atom stereocenters. The Morgan fingerprint density at radius 3 is 2.19 bits per heavy atom. The molecule has 0 aromatic heterocycles. The van der Waals surface area contributed by atoms with Gasteiger partial charge in [-0.05, 0) is 61.4 Å². The molecule has 6 heteroatoms. The minimum absolute atomic E-state index is 0.284. The quantitative estimate of drug-likeness (QED) is 0.739. The van der Waals surface area contributed by atoms with Crippen LogP contribution in [0.4, 0.5) is 5.69 Å². The first kappa shape index (κ1) is 20.3. The highest BCUT2D eigenvalue weighted by molar-refractivity contribution is 6.30. The summed E-state index contributed by atoms with van der Waals surface area (Å²) in [5.74, 6) is 0.724. The van der Waals surface area contributed by atoms with Gasteiger partial charge in [0.15, 0.2) is 0 Å². The number of nitrogens with zero attached hydrogens (tertiary/aromatic N) is 2. The number of piperidine rings is 1. The van der Waals surface area contributed by atoms with Crippen LogP contribution in [0.25, 0.3) is 0 Å². The van der Waals surface area contributed by atoms with Gasteiger partial charge in [0, 0.05) is 48.5 Å². The maximum Gasteiger partial charge on any atom is 0.119 e. The van der Waals surface area contributed by atoms with E-state index in [1.807, 2.05) is 24.3 Å². The molecule has 1 fully saturated rings. The molecule has 0 unspecified atom stereocenters. The zero-order chi connectivity index (χ0) is 19.2. The first-order chi connectivity index (χ1) is 13.0. The second kappa shape index (κ2) is 9.65. The third kappa shape index (κ3) is 6.01. The maximum atomic E-state index is 10.3. The van der Waals surface area contributed by atoms with Crippen LogP contribution in [-0.4, -0.2) is 55.4 Å². The molecule has 3 rings (SSSR count). The molecule has 1 aliphatic rings. The molecule has 27 heavy (non-hydrogen) atoms. The van der Waals surface area contributed by atoms with E-state index in [4.69, 9.17) is 27.9 Å². The number of anilines is 1. The lowest BCUT2D eigenvalue weighted by molar-refractivity contribution is 0.0595. The fourth-order valence-electron chi connectivity index (χ4n) is 3.45. The van der Waals surface area contributed by atoms with Gasteiger partial charge in [-0.15, -0.1) is 0 Å². The summed E-state index contributed by atoms with van der Waals surface area (Å²) >= 11 is 11.8. The van der Waals surface area contributed by atoms with Crippen LogP contribution in [0.15, 0.2) is 48.5 Å². The van der Waals surface area contributed by atoms with Crippen molar-refractivity contribution in [1.29, 1.82) is 0 Å². The van der Waals surface area contributed by atoms with Gasteiger partial charge in [-0.1, -0.05) is 23.2 Å². The lowest BCUT2D eigenvalue weighted by Crippen LogP contribution is -2.46. The van der Waals surface area contributed by atoms with Gasteiger partial charge in [-0.25, -0.2) is 0 Å². The van der Waals surface area contributed by atoms with E-state index in [1.54, 1.807) is 12.1 Å². The van der Waals surface area contributed by atoms with E-state index in [1.165, 1.54) is 5.69 Å². The van der Waals surface area contributed by atoms with Crippen LogP contribution in [0.5, 0.6) is 5.75 Å².